The molecule has 0 amide bonds. The standard InChI is InChI=1S/C14H20N4O4.C7H7F/c1-15-14(17-22-10-19)12-2-4-18(13(20)6-12)8-11-7-16-3-5-21-9-11;1-6-4-2-3-5-7(6)8/h2,4,6,10-11,16H,3,5,7-9H2,1H3,(H,15,17);2-5H,1H3. The van der Waals surface area contributed by atoms with Gasteiger partial charge >= 0.3 is 6.47 Å². The summed E-state index contributed by atoms with van der Waals surface area (Å²) >= 11 is 0. The maximum Gasteiger partial charge on any atom is 0.320 e. The van der Waals surface area contributed by atoms with Crippen molar-refractivity contribution in [2.24, 2.45) is 10.9 Å². The van der Waals surface area contributed by atoms with Gasteiger partial charge in [0.25, 0.3) is 5.56 Å². The molecule has 162 valence electrons. The number of hydrogen-bond donors (Lipinski definition) is 2. The molecule has 2 aromatic rings. The van der Waals surface area contributed by atoms with Crippen LogP contribution in [0.2, 0.25) is 0 Å². The number of ether oxygens (including phenoxy) is 1. The number of halogens is 1. The Bertz CT molecular complexity index is 872. The number of nitrogens with zero attached hydrogens (tertiary/aromatic N) is 2. The van der Waals surface area contributed by atoms with Crippen LogP contribution in [0, 0.1) is 18.7 Å². The summed E-state index contributed by atoms with van der Waals surface area (Å²) in [7, 11) is 1.54. The molecule has 1 saturated heterocycles. The molecule has 3 rings (SSSR count). The lowest BCUT2D eigenvalue weighted by atomic mass is 10.1. The zero-order chi connectivity index (χ0) is 21.8. The maximum absolute atomic E-state index is 12.3. The van der Waals surface area contributed by atoms with E-state index >= 15 is 0 Å². The number of carbonyl (C=O) groups excluding carboxylic acids is 1. The van der Waals surface area contributed by atoms with Crippen molar-refractivity contribution in [3.8, 4) is 0 Å². The van der Waals surface area contributed by atoms with Crippen molar-refractivity contribution in [2.45, 2.75) is 13.5 Å². The van der Waals surface area contributed by atoms with Gasteiger partial charge < -0.3 is 19.5 Å². The lowest BCUT2D eigenvalue weighted by molar-refractivity contribution is -0.132. The molecule has 1 fully saturated rings. The van der Waals surface area contributed by atoms with E-state index in [0.29, 0.717) is 36.7 Å². The van der Waals surface area contributed by atoms with E-state index in [-0.39, 0.29) is 23.8 Å². The Labute approximate surface area is 174 Å². The molecule has 8 nitrogen and oxygen atoms in total. The number of hydrogen-bond acceptors (Lipinski definition) is 6. The Morgan fingerprint density at radius 3 is 2.87 bits per heavy atom. The summed E-state index contributed by atoms with van der Waals surface area (Å²) in [6.45, 7) is 5.58. The monoisotopic (exact) mass is 418 g/mol. The van der Waals surface area contributed by atoms with E-state index in [1.165, 1.54) is 19.2 Å². The summed E-state index contributed by atoms with van der Waals surface area (Å²) in [5, 5.41) is 3.28. The second-order valence-corrected chi connectivity index (χ2v) is 6.69. The van der Waals surface area contributed by atoms with Crippen molar-refractivity contribution in [1.82, 2.24) is 15.4 Å². The molecular weight excluding hydrogens is 391 g/mol. The van der Waals surface area contributed by atoms with Gasteiger partial charge in [0.05, 0.1) is 13.2 Å². The lowest BCUT2D eigenvalue weighted by Crippen LogP contribution is -2.32. The lowest BCUT2D eigenvalue weighted by Gasteiger charge is -2.16. The summed E-state index contributed by atoms with van der Waals surface area (Å²) in [6.07, 6.45) is 1.70. The second-order valence-electron chi connectivity index (χ2n) is 6.69. The van der Waals surface area contributed by atoms with Crippen LogP contribution in [0.25, 0.3) is 0 Å². The molecule has 1 aliphatic rings. The zero-order valence-electron chi connectivity index (χ0n) is 17.1. The van der Waals surface area contributed by atoms with Gasteiger partial charge in [-0.2, -0.15) is 0 Å². The minimum atomic E-state index is -0.143. The van der Waals surface area contributed by atoms with E-state index in [9.17, 15) is 14.0 Å². The Balaban J connectivity index is 0.000000335. The van der Waals surface area contributed by atoms with E-state index in [2.05, 4.69) is 20.6 Å². The summed E-state index contributed by atoms with van der Waals surface area (Å²) in [5.41, 5.74) is 3.49. The summed E-state index contributed by atoms with van der Waals surface area (Å²) in [4.78, 5) is 30.8. The SMILES string of the molecule is CN=C(NOC=O)c1ccn(CC2CNCCOC2)c(=O)c1.Cc1ccccc1F. The van der Waals surface area contributed by atoms with Crippen LogP contribution in [0.1, 0.15) is 11.1 Å². The van der Waals surface area contributed by atoms with Crippen molar-refractivity contribution in [3.63, 3.8) is 0 Å². The molecule has 2 N–H and O–H groups in total. The van der Waals surface area contributed by atoms with Gasteiger partial charge in [-0.1, -0.05) is 18.2 Å². The predicted molar refractivity (Wildman–Crippen MR) is 112 cm³/mol. The molecule has 0 bridgehead atoms. The van der Waals surface area contributed by atoms with Crippen molar-refractivity contribution in [1.29, 1.82) is 0 Å². The number of rotatable bonds is 5. The fraction of sp³-hybridized carbons (Fsp3) is 0.381. The Morgan fingerprint density at radius 2 is 2.23 bits per heavy atom. The largest absolute Gasteiger partial charge is 0.380 e. The number of amidine groups is 1. The molecule has 1 aromatic carbocycles. The van der Waals surface area contributed by atoms with Gasteiger partial charge in [0.15, 0.2) is 5.84 Å². The Kier molecular flexibility index (Phi) is 9.69. The first kappa shape index (κ1) is 23.2. The van der Waals surface area contributed by atoms with Gasteiger partial charge in [-0.05, 0) is 24.6 Å². The van der Waals surface area contributed by atoms with Crippen LogP contribution in [-0.2, 0) is 20.9 Å². The second kappa shape index (κ2) is 12.5. The van der Waals surface area contributed by atoms with E-state index in [1.807, 2.05) is 6.07 Å². The van der Waals surface area contributed by atoms with Crippen molar-refractivity contribution < 1.29 is 18.8 Å². The zero-order valence-corrected chi connectivity index (χ0v) is 17.1. The van der Waals surface area contributed by atoms with E-state index in [4.69, 9.17) is 4.74 Å². The highest BCUT2D eigenvalue weighted by Crippen LogP contribution is 2.04. The molecule has 0 radical (unpaired) electrons. The Morgan fingerprint density at radius 1 is 1.43 bits per heavy atom. The van der Waals surface area contributed by atoms with E-state index < -0.39 is 0 Å². The van der Waals surface area contributed by atoms with Gasteiger partial charge in [0, 0.05) is 50.4 Å². The molecule has 30 heavy (non-hydrogen) atoms. The maximum atomic E-state index is 12.3. The van der Waals surface area contributed by atoms with E-state index in [1.54, 1.807) is 35.9 Å². The van der Waals surface area contributed by atoms with Gasteiger partial charge in [0.2, 0.25) is 0 Å². The molecule has 1 aliphatic heterocycles. The number of aliphatic imine (C=N–C) groups is 1. The number of pyridine rings is 1. The Hall–Kier alpha value is -3.04. The fourth-order valence-corrected chi connectivity index (χ4v) is 2.83. The van der Waals surface area contributed by atoms with Crippen LogP contribution in [0.5, 0.6) is 0 Å². The van der Waals surface area contributed by atoms with Crippen LogP contribution in [0.4, 0.5) is 4.39 Å². The van der Waals surface area contributed by atoms with Crippen LogP contribution in [0.3, 0.4) is 0 Å². The highest BCUT2D eigenvalue weighted by atomic mass is 19.1. The molecule has 0 saturated carbocycles. The third-order valence-corrected chi connectivity index (χ3v) is 4.44. The number of aromatic nitrogens is 1. The first-order valence-electron chi connectivity index (χ1n) is 9.57. The minimum absolute atomic E-state index is 0.132. The first-order chi connectivity index (χ1) is 14.5. The van der Waals surface area contributed by atoms with Crippen molar-refractivity contribution in [3.05, 3.63) is 69.9 Å². The topological polar surface area (TPSA) is 94.0 Å². The molecule has 9 heteroatoms. The highest BCUT2D eigenvalue weighted by Gasteiger charge is 2.14. The average Bonchev–Trinajstić information content (AvgIpc) is 3.02. The van der Waals surface area contributed by atoms with Crippen LogP contribution in [0.15, 0.2) is 52.4 Å². The molecule has 1 unspecified atom stereocenters. The summed E-state index contributed by atoms with van der Waals surface area (Å²) < 4.78 is 19.4. The number of hydroxylamine groups is 1. The van der Waals surface area contributed by atoms with Gasteiger partial charge in [-0.15, -0.1) is 0 Å². The first-order valence-corrected chi connectivity index (χ1v) is 9.57. The molecule has 1 aromatic heterocycles. The minimum Gasteiger partial charge on any atom is -0.380 e. The number of carbonyl (C=O) groups is 1. The van der Waals surface area contributed by atoms with Gasteiger partial charge in [-0.3, -0.25) is 14.6 Å². The molecule has 0 spiro atoms. The van der Waals surface area contributed by atoms with Crippen molar-refractivity contribution in [2.75, 3.05) is 33.4 Å². The molecular formula is C21H27FN4O4. The third-order valence-electron chi connectivity index (χ3n) is 4.44. The van der Waals surface area contributed by atoms with E-state index in [0.717, 1.165) is 13.1 Å². The van der Waals surface area contributed by atoms with Crippen LogP contribution in [-0.4, -0.2) is 50.2 Å². The normalized spacial score (nSPS) is 16.6. The molecule has 2 heterocycles. The third kappa shape index (κ3) is 7.41. The number of nitrogens with one attached hydrogen (secondary N) is 2. The fourth-order valence-electron chi connectivity index (χ4n) is 2.83. The van der Waals surface area contributed by atoms with Gasteiger partial charge in [-0.25, -0.2) is 9.87 Å². The average molecular weight is 418 g/mol. The van der Waals surface area contributed by atoms with Crippen molar-refractivity contribution >= 4 is 12.3 Å². The number of aryl methyl sites for hydroxylation is 1. The smallest absolute Gasteiger partial charge is 0.320 e. The predicted octanol–water partition coefficient (Wildman–Crippen LogP) is 1.27. The van der Waals surface area contributed by atoms with Gasteiger partial charge in [0.1, 0.15) is 5.82 Å². The molecule has 1 atom stereocenters. The number of benzene rings is 1. The highest BCUT2D eigenvalue weighted by molar-refractivity contribution is 5.98. The summed E-state index contributed by atoms with van der Waals surface area (Å²) in [5.74, 6) is 0.435. The summed E-state index contributed by atoms with van der Waals surface area (Å²) in [6, 6.07) is 9.90. The molecule has 0 aliphatic carbocycles. The quantitative estimate of drug-likeness (QED) is 0.329. The van der Waals surface area contributed by atoms with Crippen LogP contribution >= 0.6 is 0 Å². The van der Waals surface area contributed by atoms with Crippen LogP contribution < -0.4 is 16.4 Å².